The Balaban J connectivity index is 2.05. The molecular formula is C26H26BrCl2N3O4S. The molecule has 0 aliphatic heterocycles. The van der Waals surface area contributed by atoms with Crippen molar-refractivity contribution in [1.82, 2.24) is 10.2 Å². The van der Waals surface area contributed by atoms with Gasteiger partial charge in [-0.3, -0.25) is 13.9 Å². The molecule has 3 aromatic carbocycles. The van der Waals surface area contributed by atoms with E-state index >= 15 is 0 Å². The highest BCUT2D eigenvalue weighted by Crippen LogP contribution is 2.30. The van der Waals surface area contributed by atoms with E-state index in [2.05, 4.69) is 21.2 Å². The van der Waals surface area contributed by atoms with Crippen LogP contribution in [0.5, 0.6) is 0 Å². The molecule has 2 amide bonds. The molecule has 37 heavy (non-hydrogen) atoms. The molecule has 1 N–H and O–H groups in total. The monoisotopic (exact) mass is 625 g/mol. The largest absolute Gasteiger partial charge is 0.357 e. The summed E-state index contributed by atoms with van der Waals surface area (Å²) < 4.78 is 27.2. The molecule has 1 atom stereocenters. The van der Waals surface area contributed by atoms with E-state index in [1.165, 1.54) is 30.1 Å². The Labute approximate surface area is 235 Å². The number of likely N-dealkylation sites (N-methyl/N-ethyl adjacent to an activating group) is 1. The molecule has 0 aliphatic carbocycles. The first-order valence-corrected chi connectivity index (χ1v) is 14.6. The fourth-order valence-corrected chi connectivity index (χ4v) is 5.70. The van der Waals surface area contributed by atoms with E-state index in [1.807, 2.05) is 54.6 Å². The number of hydrogen-bond acceptors (Lipinski definition) is 4. The molecule has 0 radical (unpaired) electrons. The van der Waals surface area contributed by atoms with Crippen LogP contribution < -0.4 is 9.62 Å². The molecule has 196 valence electrons. The molecule has 11 heteroatoms. The lowest BCUT2D eigenvalue weighted by Crippen LogP contribution is -2.52. The van der Waals surface area contributed by atoms with Gasteiger partial charge < -0.3 is 10.2 Å². The molecule has 0 bridgehead atoms. The van der Waals surface area contributed by atoms with Crippen LogP contribution in [-0.4, -0.2) is 51.0 Å². The Morgan fingerprint density at radius 3 is 2.24 bits per heavy atom. The van der Waals surface area contributed by atoms with Crippen LogP contribution in [0.25, 0.3) is 0 Å². The lowest BCUT2D eigenvalue weighted by molar-refractivity contribution is -0.139. The number of benzene rings is 3. The molecule has 0 saturated carbocycles. The van der Waals surface area contributed by atoms with E-state index in [0.29, 0.717) is 5.02 Å². The van der Waals surface area contributed by atoms with Gasteiger partial charge in [0, 0.05) is 29.5 Å². The van der Waals surface area contributed by atoms with E-state index in [-0.39, 0.29) is 29.6 Å². The van der Waals surface area contributed by atoms with E-state index in [1.54, 1.807) is 0 Å². The molecular weight excluding hydrogens is 601 g/mol. The third kappa shape index (κ3) is 7.95. The zero-order valence-electron chi connectivity index (χ0n) is 20.2. The fourth-order valence-electron chi connectivity index (χ4n) is 3.83. The van der Waals surface area contributed by atoms with Crippen LogP contribution in [0.2, 0.25) is 10.0 Å². The summed E-state index contributed by atoms with van der Waals surface area (Å²) in [5.41, 5.74) is 1.73. The summed E-state index contributed by atoms with van der Waals surface area (Å²) in [7, 11) is -2.42. The summed E-state index contributed by atoms with van der Waals surface area (Å²) >= 11 is 15.7. The second-order valence-corrected chi connectivity index (χ2v) is 12.0. The van der Waals surface area contributed by atoms with Crippen molar-refractivity contribution in [1.29, 1.82) is 0 Å². The zero-order chi connectivity index (χ0) is 27.2. The molecule has 0 aromatic heterocycles. The molecule has 0 fully saturated rings. The zero-order valence-corrected chi connectivity index (χ0v) is 24.1. The van der Waals surface area contributed by atoms with Crippen LogP contribution >= 0.6 is 39.1 Å². The fraction of sp³-hybridized carbons (Fsp3) is 0.231. The van der Waals surface area contributed by atoms with Crippen LogP contribution in [0.3, 0.4) is 0 Å². The maximum absolute atomic E-state index is 13.9. The van der Waals surface area contributed by atoms with Crippen molar-refractivity contribution >= 4 is 66.7 Å². The number of rotatable bonds is 10. The minimum Gasteiger partial charge on any atom is -0.357 e. The van der Waals surface area contributed by atoms with Gasteiger partial charge in [-0.2, -0.15) is 0 Å². The highest BCUT2D eigenvalue weighted by atomic mass is 79.9. The van der Waals surface area contributed by atoms with Crippen molar-refractivity contribution in [3.05, 3.63) is 98.4 Å². The van der Waals surface area contributed by atoms with E-state index in [9.17, 15) is 18.0 Å². The average Bonchev–Trinajstić information content (AvgIpc) is 2.84. The maximum Gasteiger partial charge on any atom is 0.244 e. The van der Waals surface area contributed by atoms with Crippen LogP contribution in [0.4, 0.5) is 5.69 Å². The predicted molar refractivity (Wildman–Crippen MR) is 151 cm³/mol. The third-order valence-electron chi connectivity index (χ3n) is 5.62. The summed E-state index contributed by atoms with van der Waals surface area (Å²) in [5, 5.41) is 3.04. The van der Waals surface area contributed by atoms with Crippen molar-refractivity contribution < 1.29 is 18.0 Å². The Morgan fingerprint density at radius 2 is 1.65 bits per heavy atom. The number of amides is 2. The van der Waals surface area contributed by atoms with E-state index in [0.717, 1.165) is 26.2 Å². The lowest BCUT2D eigenvalue weighted by Gasteiger charge is -2.33. The number of carbonyl (C=O) groups is 2. The Hall–Kier alpha value is -2.59. The van der Waals surface area contributed by atoms with Gasteiger partial charge in [0.15, 0.2) is 0 Å². The number of halogens is 3. The summed E-state index contributed by atoms with van der Waals surface area (Å²) in [5.74, 6) is -0.941. The summed E-state index contributed by atoms with van der Waals surface area (Å²) in [6, 6.07) is 20.1. The predicted octanol–water partition coefficient (Wildman–Crippen LogP) is 4.91. The summed E-state index contributed by atoms with van der Waals surface area (Å²) in [6.45, 7) is -0.481. The molecule has 0 heterocycles. The van der Waals surface area contributed by atoms with Crippen LogP contribution in [0.15, 0.2) is 77.3 Å². The molecule has 7 nitrogen and oxygen atoms in total. The molecule has 0 spiro atoms. The average molecular weight is 627 g/mol. The van der Waals surface area contributed by atoms with Gasteiger partial charge in [0.2, 0.25) is 21.8 Å². The summed E-state index contributed by atoms with van der Waals surface area (Å²) in [4.78, 5) is 28.3. The summed E-state index contributed by atoms with van der Waals surface area (Å²) in [6.07, 6.45) is 1.23. The van der Waals surface area contributed by atoms with Crippen LogP contribution in [-0.2, 0) is 32.6 Å². The molecule has 3 aromatic rings. The maximum atomic E-state index is 13.9. The highest BCUT2D eigenvalue weighted by Gasteiger charge is 2.33. The first-order chi connectivity index (χ1) is 17.5. The van der Waals surface area contributed by atoms with Gasteiger partial charge in [-0.1, -0.05) is 81.6 Å². The number of nitrogens with zero attached hydrogens (tertiary/aromatic N) is 2. The lowest BCUT2D eigenvalue weighted by atomic mass is 10.0. The first-order valence-electron chi connectivity index (χ1n) is 11.2. The van der Waals surface area contributed by atoms with Crippen LogP contribution in [0, 0.1) is 0 Å². The molecule has 1 unspecified atom stereocenters. The van der Waals surface area contributed by atoms with Crippen molar-refractivity contribution in [3.8, 4) is 0 Å². The minimum atomic E-state index is -3.92. The molecule has 3 rings (SSSR count). The van der Waals surface area contributed by atoms with Crippen molar-refractivity contribution in [2.24, 2.45) is 0 Å². The number of nitrogens with one attached hydrogen (secondary N) is 1. The van der Waals surface area contributed by atoms with Crippen molar-refractivity contribution in [2.75, 3.05) is 24.2 Å². The van der Waals surface area contributed by atoms with Gasteiger partial charge in [0.05, 0.1) is 17.0 Å². The second kappa shape index (κ2) is 12.8. The minimum absolute atomic E-state index is 0.0785. The SMILES string of the molecule is CNC(=O)C(Cc1ccccc1)N(Cc1cccc(Br)c1)C(=O)CN(c1ccc(Cl)cc1Cl)S(C)(=O)=O. The quantitative estimate of drug-likeness (QED) is 0.347. The first kappa shape index (κ1) is 29.0. The van der Waals surface area contributed by atoms with Gasteiger partial charge in [-0.15, -0.1) is 0 Å². The second-order valence-electron chi connectivity index (χ2n) is 8.34. The van der Waals surface area contributed by atoms with E-state index in [4.69, 9.17) is 23.2 Å². The third-order valence-corrected chi connectivity index (χ3v) is 7.77. The van der Waals surface area contributed by atoms with Crippen LogP contribution in [0.1, 0.15) is 11.1 Å². The smallest absolute Gasteiger partial charge is 0.244 e. The van der Waals surface area contributed by atoms with Gasteiger partial charge in [0.1, 0.15) is 12.6 Å². The van der Waals surface area contributed by atoms with Gasteiger partial charge in [-0.25, -0.2) is 8.42 Å². The topological polar surface area (TPSA) is 86.8 Å². The highest BCUT2D eigenvalue weighted by molar-refractivity contribution is 9.10. The number of hydrogen-bond donors (Lipinski definition) is 1. The number of carbonyl (C=O) groups excluding carboxylic acids is 2. The Kier molecular flexibility index (Phi) is 10.0. The Bertz CT molecular complexity index is 1370. The van der Waals surface area contributed by atoms with Gasteiger partial charge in [0.25, 0.3) is 0 Å². The van der Waals surface area contributed by atoms with Crippen molar-refractivity contribution in [3.63, 3.8) is 0 Å². The number of anilines is 1. The number of sulfonamides is 1. The molecule has 0 aliphatic rings. The van der Waals surface area contributed by atoms with Gasteiger partial charge in [-0.05, 0) is 41.5 Å². The van der Waals surface area contributed by atoms with Crippen molar-refractivity contribution in [2.45, 2.75) is 19.0 Å². The van der Waals surface area contributed by atoms with E-state index < -0.39 is 28.5 Å². The normalized spacial score (nSPS) is 12.0. The standard InChI is InChI=1S/C26H26BrCl2N3O4S/c1-30-26(34)24(14-18-7-4-3-5-8-18)31(16-19-9-6-10-20(27)13-19)25(33)17-32(37(2,35)36)23-12-11-21(28)15-22(23)29/h3-13,15,24H,14,16-17H2,1-2H3,(H,30,34). The molecule has 0 saturated heterocycles. The van der Waals surface area contributed by atoms with Gasteiger partial charge >= 0.3 is 0 Å². The Morgan fingerprint density at radius 1 is 0.973 bits per heavy atom.